The maximum Gasteiger partial charge on any atom is 0.0543 e. The molecule has 1 aliphatic heterocycles. The molecule has 2 rings (SSSR count). The van der Waals surface area contributed by atoms with E-state index >= 15 is 0 Å². The van der Waals surface area contributed by atoms with E-state index in [4.69, 9.17) is 0 Å². The Balaban J connectivity index is 1.96. The van der Waals surface area contributed by atoms with Crippen molar-refractivity contribution in [2.45, 2.75) is 33.2 Å². The molecule has 0 saturated carbocycles. The van der Waals surface area contributed by atoms with Gasteiger partial charge in [-0.1, -0.05) is 19.9 Å². The second-order valence-electron chi connectivity index (χ2n) is 5.40. The van der Waals surface area contributed by atoms with Gasteiger partial charge in [0.2, 0.25) is 0 Å². The molecule has 1 atom stereocenters. The van der Waals surface area contributed by atoms with Crippen LogP contribution in [0.3, 0.4) is 0 Å². The molecule has 2 heterocycles. The second kappa shape index (κ2) is 6.30. The first-order chi connectivity index (χ1) is 8.78. The molecule has 1 unspecified atom stereocenters. The van der Waals surface area contributed by atoms with Crippen molar-refractivity contribution in [2.75, 3.05) is 26.2 Å². The molecule has 100 valence electrons. The van der Waals surface area contributed by atoms with E-state index in [1.807, 2.05) is 12.3 Å². The number of nitrogens with zero attached hydrogens (tertiary/aromatic N) is 2. The number of nitrogens with one attached hydrogen (secondary N) is 1. The smallest absolute Gasteiger partial charge is 0.0543 e. The Morgan fingerprint density at radius 2 is 2.28 bits per heavy atom. The van der Waals surface area contributed by atoms with Crippen LogP contribution in [0.2, 0.25) is 0 Å². The van der Waals surface area contributed by atoms with E-state index < -0.39 is 0 Å². The molecule has 1 aliphatic rings. The Morgan fingerprint density at radius 1 is 1.39 bits per heavy atom. The molecule has 1 fully saturated rings. The number of rotatable bonds is 6. The fraction of sp³-hybridized carbons (Fsp3) is 0.667. The maximum atomic E-state index is 4.43. The van der Waals surface area contributed by atoms with E-state index in [0.29, 0.717) is 5.41 Å². The van der Waals surface area contributed by atoms with Crippen LogP contribution in [0.1, 0.15) is 32.4 Å². The lowest BCUT2D eigenvalue weighted by atomic mass is 9.83. The summed E-state index contributed by atoms with van der Waals surface area (Å²) in [5.41, 5.74) is 1.65. The predicted octanol–water partition coefficient (Wildman–Crippen LogP) is 2.29. The van der Waals surface area contributed by atoms with Crippen molar-refractivity contribution in [1.29, 1.82) is 0 Å². The van der Waals surface area contributed by atoms with Crippen molar-refractivity contribution >= 4 is 0 Å². The zero-order valence-corrected chi connectivity index (χ0v) is 11.7. The summed E-state index contributed by atoms with van der Waals surface area (Å²) in [4.78, 5) is 6.96. The van der Waals surface area contributed by atoms with Gasteiger partial charge in [0.05, 0.1) is 5.69 Å². The molecule has 0 spiro atoms. The van der Waals surface area contributed by atoms with Gasteiger partial charge in [0.1, 0.15) is 0 Å². The second-order valence-corrected chi connectivity index (χ2v) is 5.40. The highest BCUT2D eigenvalue weighted by Crippen LogP contribution is 2.30. The predicted molar refractivity (Wildman–Crippen MR) is 75.4 cm³/mol. The number of aromatic nitrogens is 1. The van der Waals surface area contributed by atoms with Crippen molar-refractivity contribution in [3.63, 3.8) is 0 Å². The molecule has 0 amide bonds. The minimum Gasteiger partial charge on any atom is -0.316 e. The summed E-state index contributed by atoms with van der Waals surface area (Å²) in [6.07, 6.45) is 4.46. The molecule has 1 aromatic heterocycles. The Hall–Kier alpha value is -0.930. The molecule has 18 heavy (non-hydrogen) atoms. The fourth-order valence-electron chi connectivity index (χ4n) is 2.82. The molecule has 0 bridgehead atoms. The van der Waals surface area contributed by atoms with E-state index in [-0.39, 0.29) is 0 Å². The van der Waals surface area contributed by atoms with E-state index in [1.54, 1.807) is 0 Å². The largest absolute Gasteiger partial charge is 0.316 e. The van der Waals surface area contributed by atoms with Gasteiger partial charge in [-0.15, -0.1) is 0 Å². The average molecular weight is 247 g/mol. The topological polar surface area (TPSA) is 28.2 Å². The Bertz CT molecular complexity index is 344. The van der Waals surface area contributed by atoms with Crippen LogP contribution < -0.4 is 5.32 Å². The standard InChI is InChI=1S/C15H25N3/c1-3-15(8-10-16-12-15)13-18(4-2)11-14-7-5-6-9-17-14/h5-7,9,16H,3-4,8,10-13H2,1-2H3. The van der Waals surface area contributed by atoms with Gasteiger partial charge in [0.25, 0.3) is 0 Å². The quantitative estimate of drug-likeness (QED) is 0.836. The summed E-state index contributed by atoms with van der Waals surface area (Å²) in [6.45, 7) is 10.2. The highest BCUT2D eigenvalue weighted by Gasteiger charge is 2.33. The van der Waals surface area contributed by atoms with E-state index in [1.165, 1.54) is 38.2 Å². The van der Waals surface area contributed by atoms with Crippen molar-refractivity contribution < 1.29 is 0 Å². The van der Waals surface area contributed by atoms with Crippen molar-refractivity contribution in [3.05, 3.63) is 30.1 Å². The van der Waals surface area contributed by atoms with Crippen LogP contribution in [0.4, 0.5) is 0 Å². The molecule has 1 saturated heterocycles. The summed E-state index contributed by atoms with van der Waals surface area (Å²) >= 11 is 0. The van der Waals surface area contributed by atoms with E-state index in [9.17, 15) is 0 Å². The molecule has 0 radical (unpaired) electrons. The molecule has 3 nitrogen and oxygen atoms in total. The molecule has 1 aromatic rings. The molecule has 0 aromatic carbocycles. The third-order valence-corrected chi connectivity index (χ3v) is 4.20. The molecule has 3 heteroatoms. The Morgan fingerprint density at radius 3 is 2.83 bits per heavy atom. The van der Waals surface area contributed by atoms with Crippen LogP contribution in [0.25, 0.3) is 0 Å². The van der Waals surface area contributed by atoms with E-state index in [2.05, 4.69) is 41.2 Å². The first-order valence-electron chi connectivity index (χ1n) is 7.11. The number of hydrogen-bond donors (Lipinski definition) is 1. The molecule has 1 N–H and O–H groups in total. The fourth-order valence-corrected chi connectivity index (χ4v) is 2.82. The minimum absolute atomic E-state index is 0.477. The molecular weight excluding hydrogens is 222 g/mol. The Labute approximate surface area is 111 Å². The zero-order valence-electron chi connectivity index (χ0n) is 11.7. The van der Waals surface area contributed by atoms with Gasteiger partial charge in [0.15, 0.2) is 0 Å². The highest BCUT2D eigenvalue weighted by atomic mass is 15.1. The van der Waals surface area contributed by atoms with E-state index in [0.717, 1.165) is 13.1 Å². The van der Waals surface area contributed by atoms with Crippen molar-refractivity contribution in [3.8, 4) is 0 Å². The highest BCUT2D eigenvalue weighted by molar-refractivity contribution is 5.03. The van der Waals surface area contributed by atoms with Crippen LogP contribution in [-0.4, -0.2) is 36.1 Å². The summed E-state index contributed by atoms with van der Waals surface area (Å²) < 4.78 is 0. The van der Waals surface area contributed by atoms with Gasteiger partial charge in [-0.05, 0) is 43.5 Å². The van der Waals surface area contributed by atoms with Gasteiger partial charge < -0.3 is 5.32 Å². The Kier molecular flexibility index (Phi) is 4.72. The van der Waals surface area contributed by atoms with Crippen molar-refractivity contribution in [2.24, 2.45) is 5.41 Å². The van der Waals surface area contributed by atoms with Crippen LogP contribution in [0, 0.1) is 5.41 Å². The minimum atomic E-state index is 0.477. The summed E-state index contributed by atoms with van der Waals surface area (Å²) in [6, 6.07) is 6.17. The number of pyridine rings is 1. The van der Waals surface area contributed by atoms with Crippen LogP contribution >= 0.6 is 0 Å². The van der Waals surface area contributed by atoms with Crippen LogP contribution in [-0.2, 0) is 6.54 Å². The average Bonchev–Trinajstić information content (AvgIpc) is 2.88. The van der Waals surface area contributed by atoms with Gasteiger partial charge in [0, 0.05) is 25.8 Å². The van der Waals surface area contributed by atoms with Gasteiger partial charge >= 0.3 is 0 Å². The van der Waals surface area contributed by atoms with Gasteiger partial charge in [-0.25, -0.2) is 0 Å². The van der Waals surface area contributed by atoms with Gasteiger partial charge in [-0.2, -0.15) is 0 Å². The monoisotopic (exact) mass is 247 g/mol. The summed E-state index contributed by atoms with van der Waals surface area (Å²) in [5.74, 6) is 0. The summed E-state index contributed by atoms with van der Waals surface area (Å²) in [7, 11) is 0. The van der Waals surface area contributed by atoms with Gasteiger partial charge in [-0.3, -0.25) is 9.88 Å². The third kappa shape index (κ3) is 3.30. The first kappa shape index (κ1) is 13.5. The first-order valence-corrected chi connectivity index (χ1v) is 7.11. The van der Waals surface area contributed by atoms with Crippen LogP contribution in [0.15, 0.2) is 24.4 Å². The maximum absolute atomic E-state index is 4.43. The third-order valence-electron chi connectivity index (χ3n) is 4.20. The normalized spacial score (nSPS) is 23.7. The zero-order chi connectivity index (χ0) is 12.8. The summed E-state index contributed by atoms with van der Waals surface area (Å²) in [5, 5.41) is 3.52. The molecule has 0 aliphatic carbocycles. The van der Waals surface area contributed by atoms with Crippen molar-refractivity contribution in [1.82, 2.24) is 15.2 Å². The number of hydrogen-bond acceptors (Lipinski definition) is 3. The lowest BCUT2D eigenvalue weighted by Crippen LogP contribution is -2.38. The lowest BCUT2D eigenvalue weighted by Gasteiger charge is -2.33. The lowest BCUT2D eigenvalue weighted by molar-refractivity contribution is 0.156. The SMILES string of the molecule is CCN(Cc1ccccn1)CC1(CC)CCNC1. The molecular formula is C15H25N3. The van der Waals surface area contributed by atoms with Crippen LogP contribution in [0.5, 0.6) is 0 Å².